The molecule has 2 aromatic carbocycles. The fourth-order valence-electron chi connectivity index (χ4n) is 2.18. The van der Waals surface area contributed by atoms with Gasteiger partial charge in [0, 0.05) is 0 Å². The van der Waals surface area contributed by atoms with E-state index in [1.54, 1.807) is 0 Å². The molecule has 20 heavy (non-hydrogen) atoms. The van der Waals surface area contributed by atoms with Crippen LogP contribution >= 0.6 is 0 Å². The summed E-state index contributed by atoms with van der Waals surface area (Å²) in [6, 6.07) is 12.8. The first-order valence-corrected chi connectivity index (χ1v) is 5.95. The number of ketones is 1. The SMILES string of the molecule is O=C1c2cc[c]cc2OC(c2ccc(O)cc2)C1(O)O. The van der Waals surface area contributed by atoms with Crippen LogP contribution in [0.25, 0.3) is 0 Å². The zero-order valence-corrected chi connectivity index (χ0v) is 10.3. The maximum Gasteiger partial charge on any atom is 0.271 e. The molecule has 1 heterocycles. The lowest BCUT2D eigenvalue weighted by Crippen LogP contribution is -2.49. The number of rotatable bonds is 1. The van der Waals surface area contributed by atoms with E-state index in [1.165, 1.54) is 42.5 Å². The minimum absolute atomic E-state index is 0.0334. The van der Waals surface area contributed by atoms with Crippen molar-refractivity contribution in [2.75, 3.05) is 0 Å². The number of phenolic OH excluding ortho intramolecular Hbond substituents is 1. The first kappa shape index (κ1) is 12.7. The predicted octanol–water partition coefficient (Wildman–Crippen LogP) is 1.19. The van der Waals surface area contributed by atoms with Gasteiger partial charge in [-0.3, -0.25) is 4.79 Å². The van der Waals surface area contributed by atoms with E-state index in [2.05, 4.69) is 6.07 Å². The molecule has 0 saturated heterocycles. The largest absolute Gasteiger partial charge is 0.508 e. The van der Waals surface area contributed by atoms with Gasteiger partial charge in [0.1, 0.15) is 11.5 Å². The van der Waals surface area contributed by atoms with Crippen molar-refractivity contribution in [2.45, 2.75) is 11.9 Å². The second-order valence-electron chi connectivity index (χ2n) is 4.57. The number of benzene rings is 2. The Labute approximate surface area is 114 Å². The molecule has 5 heteroatoms. The van der Waals surface area contributed by atoms with Gasteiger partial charge in [0.2, 0.25) is 5.78 Å². The van der Waals surface area contributed by atoms with Gasteiger partial charge in [0.25, 0.3) is 5.79 Å². The zero-order valence-electron chi connectivity index (χ0n) is 10.3. The van der Waals surface area contributed by atoms with Crippen molar-refractivity contribution in [3.05, 3.63) is 59.7 Å². The van der Waals surface area contributed by atoms with Gasteiger partial charge in [-0.05, 0) is 35.9 Å². The Morgan fingerprint density at radius 3 is 2.55 bits per heavy atom. The molecule has 1 radical (unpaired) electrons. The molecule has 0 saturated carbocycles. The molecule has 0 fully saturated rings. The first-order chi connectivity index (χ1) is 9.50. The number of phenols is 1. The summed E-state index contributed by atoms with van der Waals surface area (Å²) in [6.07, 6.45) is -1.26. The van der Waals surface area contributed by atoms with E-state index < -0.39 is 17.7 Å². The van der Waals surface area contributed by atoms with Crippen LogP contribution in [0.2, 0.25) is 0 Å². The zero-order chi connectivity index (χ0) is 14.3. The molecule has 1 unspecified atom stereocenters. The topological polar surface area (TPSA) is 87.0 Å². The molecule has 3 rings (SSSR count). The number of hydrogen-bond donors (Lipinski definition) is 3. The van der Waals surface area contributed by atoms with Crippen LogP contribution in [0.1, 0.15) is 22.0 Å². The number of carbonyl (C=O) groups excluding carboxylic acids is 1. The van der Waals surface area contributed by atoms with Crippen molar-refractivity contribution in [2.24, 2.45) is 0 Å². The third-order valence-electron chi connectivity index (χ3n) is 3.21. The molecule has 2 aromatic rings. The Balaban J connectivity index is 2.09. The van der Waals surface area contributed by atoms with E-state index in [0.717, 1.165) is 0 Å². The summed E-state index contributed by atoms with van der Waals surface area (Å²) in [4.78, 5) is 12.1. The Bertz CT molecular complexity index is 660. The highest BCUT2D eigenvalue weighted by Gasteiger charge is 2.49. The predicted molar refractivity (Wildman–Crippen MR) is 68.3 cm³/mol. The van der Waals surface area contributed by atoms with Gasteiger partial charge in [0.05, 0.1) is 5.56 Å². The van der Waals surface area contributed by atoms with Gasteiger partial charge in [-0.25, -0.2) is 0 Å². The molecule has 0 aliphatic carbocycles. The van der Waals surface area contributed by atoms with Crippen molar-refractivity contribution in [1.82, 2.24) is 0 Å². The van der Waals surface area contributed by atoms with Crippen molar-refractivity contribution < 1.29 is 24.9 Å². The summed E-state index contributed by atoms with van der Waals surface area (Å²) in [6.45, 7) is 0. The minimum atomic E-state index is -2.66. The van der Waals surface area contributed by atoms with Crippen LogP contribution in [0.3, 0.4) is 0 Å². The Hall–Kier alpha value is -2.37. The van der Waals surface area contributed by atoms with E-state index in [1.807, 2.05) is 0 Å². The van der Waals surface area contributed by atoms with E-state index >= 15 is 0 Å². The smallest absolute Gasteiger partial charge is 0.271 e. The highest BCUT2D eigenvalue weighted by atomic mass is 16.6. The lowest BCUT2D eigenvalue weighted by Gasteiger charge is -2.35. The molecule has 5 nitrogen and oxygen atoms in total. The summed E-state index contributed by atoms with van der Waals surface area (Å²) < 4.78 is 5.51. The van der Waals surface area contributed by atoms with E-state index in [0.29, 0.717) is 5.56 Å². The van der Waals surface area contributed by atoms with Gasteiger partial charge < -0.3 is 20.1 Å². The third kappa shape index (κ3) is 1.84. The molecule has 1 aliphatic heterocycles. The number of carbonyl (C=O) groups is 1. The molecule has 3 N–H and O–H groups in total. The lowest BCUT2D eigenvalue weighted by molar-refractivity contribution is -0.186. The number of fused-ring (bicyclic) bond motifs is 1. The number of aliphatic hydroxyl groups is 2. The second kappa shape index (κ2) is 4.33. The molecule has 101 valence electrons. The highest BCUT2D eigenvalue weighted by Crippen LogP contribution is 2.39. The van der Waals surface area contributed by atoms with E-state index in [-0.39, 0.29) is 17.1 Å². The van der Waals surface area contributed by atoms with Gasteiger partial charge >= 0.3 is 0 Å². The summed E-state index contributed by atoms with van der Waals surface area (Å²) >= 11 is 0. The number of aromatic hydroxyl groups is 1. The second-order valence-corrected chi connectivity index (χ2v) is 4.57. The Morgan fingerprint density at radius 2 is 1.85 bits per heavy atom. The van der Waals surface area contributed by atoms with Gasteiger partial charge in [-0.2, -0.15) is 0 Å². The molecule has 0 amide bonds. The van der Waals surface area contributed by atoms with Gasteiger partial charge in [-0.15, -0.1) is 0 Å². The summed E-state index contributed by atoms with van der Waals surface area (Å²) in [7, 11) is 0. The quantitative estimate of drug-likeness (QED) is 0.678. The minimum Gasteiger partial charge on any atom is -0.508 e. The molecule has 0 aromatic heterocycles. The van der Waals surface area contributed by atoms with Crippen LogP contribution in [-0.4, -0.2) is 26.9 Å². The molecular weight excluding hydrogens is 260 g/mol. The first-order valence-electron chi connectivity index (χ1n) is 5.95. The van der Waals surface area contributed by atoms with E-state index in [9.17, 15) is 20.1 Å². The number of ether oxygens (including phenoxy) is 1. The average molecular weight is 271 g/mol. The highest BCUT2D eigenvalue weighted by molar-refractivity contribution is 6.04. The fourth-order valence-corrected chi connectivity index (χ4v) is 2.18. The number of Topliss-reactive ketones (excluding diaryl/α,β-unsaturated/α-hetero) is 1. The Morgan fingerprint density at radius 1 is 1.15 bits per heavy atom. The normalized spacial score (nSPS) is 20.1. The maximum absolute atomic E-state index is 12.1. The summed E-state index contributed by atoms with van der Waals surface area (Å²) in [5.74, 6) is -3.21. The molecule has 1 aliphatic rings. The van der Waals surface area contributed by atoms with Crippen LogP contribution < -0.4 is 4.74 Å². The summed E-state index contributed by atoms with van der Waals surface area (Å²) in [5, 5.41) is 29.4. The van der Waals surface area contributed by atoms with Crippen LogP contribution in [0, 0.1) is 6.07 Å². The van der Waals surface area contributed by atoms with Crippen LogP contribution in [0.4, 0.5) is 0 Å². The van der Waals surface area contributed by atoms with Crippen molar-refractivity contribution in [1.29, 1.82) is 0 Å². The molecule has 1 atom stereocenters. The monoisotopic (exact) mass is 271 g/mol. The molecule has 0 spiro atoms. The number of hydrogen-bond acceptors (Lipinski definition) is 5. The Kier molecular flexibility index (Phi) is 2.74. The van der Waals surface area contributed by atoms with E-state index in [4.69, 9.17) is 4.74 Å². The van der Waals surface area contributed by atoms with Crippen LogP contribution in [0.5, 0.6) is 11.5 Å². The molecule has 0 bridgehead atoms. The van der Waals surface area contributed by atoms with Crippen molar-refractivity contribution in [3.63, 3.8) is 0 Å². The third-order valence-corrected chi connectivity index (χ3v) is 3.21. The standard InChI is InChI=1S/C15H11O5/c16-10-7-5-9(6-8-10)14-15(18,19)13(17)11-3-1-2-4-12(11)20-14/h1,3-8,14,16,18-19H. The van der Waals surface area contributed by atoms with Crippen LogP contribution in [0.15, 0.2) is 42.5 Å². The summed E-state index contributed by atoms with van der Waals surface area (Å²) in [5.41, 5.74) is 0.472. The van der Waals surface area contributed by atoms with Gasteiger partial charge in [-0.1, -0.05) is 18.2 Å². The average Bonchev–Trinajstić information content (AvgIpc) is 2.44. The maximum atomic E-state index is 12.1. The fraction of sp³-hybridized carbons (Fsp3) is 0.133. The van der Waals surface area contributed by atoms with Crippen molar-refractivity contribution in [3.8, 4) is 11.5 Å². The van der Waals surface area contributed by atoms with Crippen molar-refractivity contribution >= 4 is 5.78 Å². The molecular formula is C15H11O5. The lowest BCUT2D eigenvalue weighted by atomic mass is 9.90. The van der Waals surface area contributed by atoms with Crippen LogP contribution in [-0.2, 0) is 0 Å². The van der Waals surface area contributed by atoms with Gasteiger partial charge in [0.15, 0.2) is 6.10 Å².